The van der Waals surface area contributed by atoms with E-state index in [1.807, 2.05) is 42.8 Å². The molecule has 1 aliphatic carbocycles. The Morgan fingerprint density at radius 2 is 2.18 bits per heavy atom. The van der Waals surface area contributed by atoms with Crippen molar-refractivity contribution < 1.29 is 9.59 Å². The van der Waals surface area contributed by atoms with Crippen LogP contribution in [0.2, 0.25) is 0 Å². The number of aryl methyl sites for hydroxylation is 2. The first-order chi connectivity index (χ1) is 16.4. The van der Waals surface area contributed by atoms with Gasteiger partial charge in [-0.2, -0.15) is 5.26 Å². The van der Waals surface area contributed by atoms with Gasteiger partial charge in [-0.25, -0.2) is 4.98 Å². The molecule has 1 aliphatic rings. The maximum atomic E-state index is 13.2. The summed E-state index contributed by atoms with van der Waals surface area (Å²) in [7, 11) is 1.91. The van der Waals surface area contributed by atoms with Crippen molar-refractivity contribution >= 4 is 23.5 Å². The number of fused-ring (bicyclic) bond motifs is 1. The van der Waals surface area contributed by atoms with Crippen LogP contribution in [0.4, 0.5) is 5.69 Å². The minimum Gasteiger partial charge on any atom is -0.322 e. The molecule has 0 spiro atoms. The van der Waals surface area contributed by atoms with Crippen LogP contribution in [-0.4, -0.2) is 36.3 Å². The summed E-state index contributed by atoms with van der Waals surface area (Å²) in [5, 5.41) is 20.5. The van der Waals surface area contributed by atoms with Crippen molar-refractivity contribution in [2.45, 2.75) is 31.6 Å². The normalized spacial score (nSPS) is 19.4. The van der Waals surface area contributed by atoms with Crippen molar-refractivity contribution in [3.63, 3.8) is 0 Å². The molecular weight excluding hydrogens is 430 g/mol. The molecule has 0 bridgehead atoms. The lowest BCUT2D eigenvalue weighted by Gasteiger charge is -2.46. The highest BCUT2D eigenvalue weighted by Crippen LogP contribution is 2.53. The van der Waals surface area contributed by atoms with E-state index in [1.54, 1.807) is 29.2 Å². The van der Waals surface area contributed by atoms with E-state index in [0.29, 0.717) is 34.8 Å². The average molecular weight is 454 g/mol. The smallest absolute Gasteiger partial charge is 0.259 e. The van der Waals surface area contributed by atoms with Gasteiger partial charge in [0.25, 0.3) is 5.91 Å². The maximum absolute atomic E-state index is 13.2. The first kappa shape index (κ1) is 21.5. The Hall–Kier alpha value is -4.32. The van der Waals surface area contributed by atoms with Gasteiger partial charge in [0.15, 0.2) is 6.29 Å². The standard InChI is InChI=1S/C25H23N7O2/c1-16-12-27-22-21(8-18(14-33)13-32(16)22)23(34)29-20-5-3-4-19(9-20)25(10-17(11-25)6-7-26)24-30-28-15-31(24)2/h3-5,8-9,12-15,17H,6,10-11H2,1-2H3,(H,29,34). The second-order valence-corrected chi connectivity index (χ2v) is 8.92. The van der Waals surface area contributed by atoms with E-state index in [2.05, 4.69) is 26.6 Å². The monoisotopic (exact) mass is 453 g/mol. The number of anilines is 1. The number of amides is 1. The molecule has 0 radical (unpaired) electrons. The zero-order chi connectivity index (χ0) is 23.9. The summed E-state index contributed by atoms with van der Waals surface area (Å²) in [5.41, 5.74) is 3.32. The number of hydrogen-bond acceptors (Lipinski definition) is 6. The average Bonchev–Trinajstić information content (AvgIpc) is 3.41. The Bertz CT molecular complexity index is 1450. The Morgan fingerprint density at radius 1 is 1.35 bits per heavy atom. The van der Waals surface area contributed by atoms with Gasteiger partial charge in [0.05, 0.1) is 17.0 Å². The number of pyridine rings is 1. The molecule has 1 saturated carbocycles. The highest BCUT2D eigenvalue weighted by Gasteiger charge is 2.49. The molecule has 1 fully saturated rings. The van der Waals surface area contributed by atoms with Gasteiger partial charge in [0, 0.05) is 42.8 Å². The number of nitrogens with one attached hydrogen (secondary N) is 1. The fourth-order valence-corrected chi connectivity index (χ4v) is 5.01. The Balaban J connectivity index is 1.49. The molecule has 3 heterocycles. The third kappa shape index (κ3) is 3.44. The number of aldehydes is 1. The van der Waals surface area contributed by atoms with Crippen LogP contribution in [-0.2, 0) is 12.5 Å². The molecule has 0 saturated heterocycles. The van der Waals surface area contributed by atoms with Crippen LogP contribution in [0.3, 0.4) is 0 Å². The first-order valence-corrected chi connectivity index (χ1v) is 11.0. The van der Waals surface area contributed by atoms with Crippen molar-refractivity contribution in [3.05, 3.63) is 77.3 Å². The molecule has 34 heavy (non-hydrogen) atoms. The lowest BCUT2D eigenvalue weighted by Crippen LogP contribution is -2.44. The largest absolute Gasteiger partial charge is 0.322 e. The summed E-state index contributed by atoms with van der Waals surface area (Å²) >= 11 is 0. The number of imidazole rings is 1. The zero-order valence-corrected chi connectivity index (χ0v) is 18.9. The van der Waals surface area contributed by atoms with E-state index in [1.165, 1.54) is 0 Å². The summed E-state index contributed by atoms with van der Waals surface area (Å²) in [6, 6.07) is 11.5. The minimum absolute atomic E-state index is 0.294. The van der Waals surface area contributed by atoms with Gasteiger partial charge in [0.2, 0.25) is 0 Å². The van der Waals surface area contributed by atoms with Crippen LogP contribution in [0, 0.1) is 24.2 Å². The van der Waals surface area contributed by atoms with E-state index in [4.69, 9.17) is 5.26 Å². The molecule has 9 nitrogen and oxygen atoms in total. The van der Waals surface area contributed by atoms with Gasteiger partial charge in [0.1, 0.15) is 17.8 Å². The van der Waals surface area contributed by atoms with Gasteiger partial charge in [-0.05, 0) is 49.4 Å². The van der Waals surface area contributed by atoms with E-state index in [-0.39, 0.29) is 11.3 Å². The fourth-order valence-electron chi connectivity index (χ4n) is 5.01. The molecule has 1 amide bonds. The quantitative estimate of drug-likeness (QED) is 0.447. The lowest BCUT2D eigenvalue weighted by atomic mass is 9.57. The zero-order valence-electron chi connectivity index (χ0n) is 18.9. The maximum Gasteiger partial charge on any atom is 0.259 e. The van der Waals surface area contributed by atoms with Gasteiger partial charge in [-0.15, -0.1) is 10.2 Å². The van der Waals surface area contributed by atoms with Crippen molar-refractivity contribution in [2.75, 3.05) is 5.32 Å². The molecule has 0 atom stereocenters. The van der Waals surface area contributed by atoms with Crippen LogP contribution in [0.1, 0.15) is 57.1 Å². The Morgan fingerprint density at radius 3 is 2.88 bits per heavy atom. The third-order valence-corrected chi connectivity index (χ3v) is 6.66. The van der Waals surface area contributed by atoms with Gasteiger partial charge < -0.3 is 14.3 Å². The number of aromatic nitrogens is 5. The fraction of sp³-hybridized carbons (Fsp3) is 0.280. The van der Waals surface area contributed by atoms with E-state index >= 15 is 0 Å². The molecule has 1 aromatic carbocycles. The highest BCUT2D eigenvalue weighted by molar-refractivity contribution is 6.09. The first-order valence-electron chi connectivity index (χ1n) is 11.0. The summed E-state index contributed by atoms with van der Waals surface area (Å²) < 4.78 is 3.65. The van der Waals surface area contributed by atoms with Crippen LogP contribution in [0.15, 0.2) is 49.1 Å². The van der Waals surface area contributed by atoms with Crippen molar-refractivity contribution in [1.29, 1.82) is 5.26 Å². The van der Waals surface area contributed by atoms with Crippen LogP contribution in [0.25, 0.3) is 5.65 Å². The van der Waals surface area contributed by atoms with Gasteiger partial charge in [-0.1, -0.05) is 12.1 Å². The summed E-state index contributed by atoms with van der Waals surface area (Å²) in [6.45, 7) is 1.86. The van der Waals surface area contributed by atoms with E-state index < -0.39 is 0 Å². The van der Waals surface area contributed by atoms with E-state index in [0.717, 1.165) is 36.2 Å². The molecule has 5 rings (SSSR count). The molecule has 9 heteroatoms. The second-order valence-electron chi connectivity index (χ2n) is 8.92. The van der Waals surface area contributed by atoms with Crippen molar-refractivity contribution in [3.8, 4) is 6.07 Å². The summed E-state index contributed by atoms with van der Waals surface area (Å²) in [6.07, 6.45) is 7.82. The summed E-state index contributed by atoms with van der Waals surface area (Å²) in [4.78, 5) is 29.0. The molecule has 0 aliphatic heterocycles. The van der Waals surface area contributed by atoms with Crippen LogP contribution >= 0.6 is 0 Å². The number of rotatable bonds is 6. The van der Waals surface area contributed by atoms with Gasteiger partial charge >= 0.3 is 0 Å². The number of carbonyl (C=O) groups is 2. The van der Waals surface area contributed by atoms with E-state index in [9.17, 15) is 9.59 Å². The van der Waals surface area contributed by atoms with Gasteiger partial charge in [-0.3, -0.25) is 9.59 Å². The Kier molecular flexibility index (Phi) is 5.21. The lowest BCUT2D eigenvalue weighted by molar-refractivity contribution is 0.102. The topological polar surface area (TPSA) is 118 Å². The Labute approximate surface area is 196 Å². The second kappa shape index (κ2) is 8.23. The van der Waals surface area contributed by atoms with Crippen molar-refractivity contribution in [1.82, 2.24) is 24.1 Å². The molecule has 1 N–H and O–H groups in total. The predicted octanol–water partition coefficient (Wildman–Crippen LogP) is 3.45. The number of nitrogens with zero attached hydrogens (tertiary/aromatic N) is 6. The summed E-state index contributed by atoms with van der Waals surface area (Å²) in [5.74, 6) is 0.793. The predicted molar refractivity (Wildman–Crippen MR) is 124 cm³/mol. The third-order valence-electron chi connectivity index (χ3n) is 6.66. The molecular formula is C25H23N7O2. The van der Waals surface area contributed by atoms with Crippen LogP contribution in [0.5, 0.6) is 0 Å². The van der Waals surface area contributed by atoms with Crippen LogP contribution < -0.4 is 5.32 Å². The molecule has 170 valence electrons. The molecule has 0 unspecified atom stereocenters. The molecule has 3 aromatic heterocycles. The van der Waals surface area contributed by atoms with Crippen molar-refractivity contribution in [2.24, 2.45) is 13.0 Å². The molecule has 4 aromatic rings. The number of nitriles is 1. The minimum atomic E-state index is -0.363. The number of hydrogen-bond donors (Lipinski definition) is 1. The highest BCUT2D eigenvalue weighted by atomic mass is 16.1. The number of benzene rings is 1. The SMILES string of the molecule is Cc1cnc2c(C(=O)Nc3cccc(C4(c5nncn5C)CC(CC#N)C4)c3)cc(C=O)cn12. The number of carbonyl (C=O) groups excluding carboxylic acids is 2.